The second-order valence-corrected chi connectivity index (χ2v) is 10.1. The van der Waals surface area contributed by atoms with E-state index >= 15 is 0 Å². The Balaban J connectivity index is 1.44. The van der Waals surface area contributed by atoms with Crippen LogP contribution < -0.4 is 0 Å². The van der Waals surface area contributed by atoms with Crippen molar-refractivity contribution in [2.24, 2.45) is 17.8 Å². The standard InChI is InChI=1S/C17H23NO4S2/c19-17(22-11-14-10-12-3-4-13(14)9-12)16-15(5-8-23-16)24(20,21)18-6-1-2-7-18/h5,8,12-14H,1-4,6-7,9-11H2/t12-,13-,14+/m0/s1. The van der Waals surface area contributed by atoms with Gasteiger partial charge in [-0.15, -0.1) is 11.3 Å². The monoisotopic (exact) mass is 369 g/mol. The fourth-order valence-electron chi connectivity index (χ4n) is 4.55. The van der Waals surface area contributed by atoms with Crippen LogP contribution in [0, 0.1) is 17.8 Å². The quantitative estimate of drug-likeness (QED) is 0.748. The zero-order chi connectivity index (χ0) is 16.7. The van der Waals surface area contributed by atoms with Crippen molar-refractivity contribution in [3.8, 4) is 0 Å². The summed E-state index contributed by atoms with van der Waals surface area (Å²) in [5, 5.41) is 1.66. The van der Waals surface area contributed by atoms with Crippen molar-refractivity contribution in [2.75, 3.05) is 19.7 Å². The van der Waals surface area contributed by atoms with Crippen molar-refractivity contribution in [1.29, 1.82) is 0 Å². The third-order valence-electron chi connectivity index (χ3n) is 5.81. The van der Waals surface area contributed by atoms with Crippen molar-refractivity contribution in [1.82, 2.24) is 4.31 Å². The molecule has 3 fully saturated rings. The van der Waals surface area contributed by atoms with Crippen LogP contribution in [0.5, 0.6) is 0 Å². The van der Waals surface area contributed by atoms with Crippen LogP contribution in [0.3, 0.4) is 0 Å². The molecule has 2 bridgehead atoms. The zero-order valence-corrected chi connectivity index (χ0v) is 15.3. The summed E-state index contributed by atoms with van der Waals surface area (Å²) in [5.41, 5.74) is 0. The highest BCUT2D eigenvalue weighted by Gasteiger charge is 2.40. The Kier molecular flexibility index (Phi) is 4.43. The van der Waals surface area contributed by atoms with E-state index in [4.69, 9.17) is 4.74 Å². The number of ether oxygens (including phenoxy) is 1. The Morgan fingerprint density at radius 3 is 2.71 bits per heavy atom. The first-order chi connectivity index (χ1) is 11.6. The summed E-state index contributed by atoms with van der Waals surface area (Å²) in [6.45, 7) is 1.51. The molecule has 5 nitrogen and oxygen atoms in total. The lowest BCUT2D eigenvalue weighted by Gasteiger charge is -2.21. The zero-order valence-electron chi connectivity index (χ0n) is 13.6. The molecular formula is C17H23NO4S2. The van der Waals surface area contributed by atoms with E-state index in [1.807, 2.05) is 0 Å². The minimum absolute atomic E-state index is 0.118. The molecule has 0 unspecified atom stereocenters. The highest BCUT2D eigenvalue weighted by Crippen LogP contribution is 2.48. The maximum Gasteiger partial charge on any atom is 0.349 e. The van der Waals surface area contributed by atoms with Crippen molar-refractivity contribution >= 4 is 27.3 Å². The molecule has 3 aliphatic rings. The number of hydrogen-bond donors (Lipinski definition) is 0. The minimum atomic E-state index is -3.57. The van der Waals surface area contributed by atoms with Crippen molar-refractivity contribution in [2.45, 2.75) is 43.4 Å². The van der Waals surface area contributed by atoms with E-state index in [9.17, 15) is 13.2 Å². The molecule has 2 saturated carbocycles. The fraction of sp³-hybridized carbons (Fsp3) is 0.706. The van der Waals surface area contributed by atoms with Gasteiger partial charge < -0.3 is 4.74 Å². The number of hydrogen-bond acceptors (Lipinski definition) is 5. The number of sulfonamides is 1. The number of fused-ring (bicyclic) bond motifs is 2. The molecule has 0 spiro atoms. The Labute approximate surface area is 147 Å². The largest absolute Gasteiger partial charge is 0.461 e. The molecule has 1 aromatic heterocycles. The van der Waals surface area contributed by atoms with Crippen LogP contribution >= 0.6 is 11.3 Å². The third kappa shape index (κ3) is 2.91. The van der Waals surface area contributed by atoms with Crippen LogP contribution in [-0.2, 0) is 14.8 Å². The number of carbonyl (C=O) groups excluding carboxylic acids is 1. The van der Waals surface area contributed by atoms with Gasteiger partial charge in [0.05, 0.1) is 6.61 Å². The molecule has 0 amide bonds. The maximum absolute atomic E-state index is 12.7. The van der Waals surface area contributed by atoms with Crippen LogP contribution in [0.1, 0.15) is 48.2 Å². The predicted octanol–water partition coefficient (Wildman–Crippen LogP) is 3.13. The lowest BCUT2D eigenvalue weighted by atomic mass is 9.90. The number of nitrogens with zero attached hydrogens (tertiary/aromatic N) is 1. The second-order valence-electron chi connectivity index (χ2n) is 7.26. The molecule has 24 heavy (non-hydrogen) atoms. The molecule has 7 heteroatoms. The molecule has 2 aliphatic carbocycles. The molecule has 132 valence electrons. The van der Waals surface area contributed by atoms with Gasteiger partial charge in [-0.2, -0.15) is 4.31 Å². The summed E-state index contributed by atoms with van der Waals surface area (Å²) in [6, 6.07) is 1.53. The van der Waals surface area contributed by atoms with E-state index in [2.05, 4.69) is 0 Å². The fourth-order valence-corrected chi connectivity index (χ4v) is 7.35. The van der Waals surface area contributed by atoms with Gasteiger partial charge in [-0.3, -0.25) is 0 Å². The Hall–Kier alpha value is -0.920. The van der Waals surface area contributed by atoms with Crippen LogP contribution in [0.2, 0.25) is 0 Å². The van der Waals surface area contributed by atoms with Gasteiger partial charge in [0.15, 0.2) is 0 Å². The van der Waals surface area contributed by atoms with Crippen molar-refractivity contribution in [3.63, 3.8) is 0 Å². The molecule has 0 radical (unpaired) electrons. The first-order valence-electron chi connectivity index (χ1n) is 8.80. The topological polar surface area (TPSA) is 63.7 Å². The van der Waals surface area contributed by atoms with E-state index in [1.54, 1.807) is 5.38 Å². The summed E-state index contributed by atoms with van der Waals surface area (Å²) < 4.78 is 32.4. The highest BCUT2D eigenvalue weighted by molar-refractivity contribution is 7.89. The van der Waals surface area contributed by atoms with Crippen LogP contribution in [-0.4, -0.2) is 38.4 Å². The van der Waals surface area contributed by atoms with E-state index in [1.165, 1.54) is 29.6 Å². The van der Waals surface area contributed by atoms with Crippen LogP contribution in [0.15, 0.2) is 16.3 Å². The smallest absolute Gasteiger partial charge is 0.349 e. The molecule has 0 aromatic carbocycles. The van der Waals surface area contributed by atoms with E-state index in [0.29, 0.717) is 31.5 Å². The summed E-state index contributed by atoms with van der Waals surface area (Å²) >= 11 is 1.16. The lowest BCUT2D eigenvalue weighted by molar-refractivity contribution is 0.0395. The normalized spacial score (nSPS) is 30.1. The number of carbonyl (C=O) groups is 1. The summed E-state index contributed by atoms with van der Waals surface area (Å²) in [6.07, 6.45) is 6.76. The number of thiophene rings is 1. The first kappa shape index (κ1) is 16.5. The van der Waals surface area contributed by atoms with Crippen molar-refractivity contribution < 1.29 is 17.9 Å². The van der Waals surface area contributed by atoms with Gasteiger partial charge in [0.1, 0.15) is 9.77 Å². The molecule has 2 heterocycles. The van der Waals surface area contributed by atoms with E-state index < -0.39 is 16.0 Å². The van der Waals surface area contributed by atoms with Gasteiger partial charge in [-0.1, -0.05) is 6.42 Å². The molecule has 1 saturated heterocycles. The molecule has 0 N–H and O–H groups in total. The van der Waals surface area contributed by atoms with Gasteiger partial charge in [-0.25, -0.2) is 13.2 Å². The Bertz CT molecular complexity index is 721. The second kappa shape index (κ2) is 6.42. The molecule has 3 atom stereocenters. The first-order valence-corrected chi connectivity index (χ1v) is 11.1. The number of esters is 1. The minimum Gasteiger partial charge on any atom is -0.461 e. The Morgan fingerprint density at radius 2 is 2.04 bits per heavy atom. The van der Waals surface area contributed by atoms with Crippen LogP contribution in [0.4, 0.5) is 0 Å². The van der Waals surface area contributed by atoms with E-state index in [0.717, 1.165) is 36.5 Å². The Morgan fingerprint density at radius 1 is 1.25 bits per heavy atom. The molecular weight excluding hydrogens is 346 g/mol. The predicted molar refractivity (Wildman–Crippen MR) is 91.5 cm³/mol. The van der Waals surface area contributed by atoms with Gasteiger partial charge in [0.2, 0.25) is 10.0 Å². The summed E-state index contributed by atoms with van der Waals surface area (Å²) in [7, 11) is -3.57. The van der Waals surface area contributed by atoms with Gasteiger partial charge in [-0.05, 0) is 61.3 Å². The summed E-state index contributed by atoms with van der Waals surface area (Å²) in [5.74, 6) is 1.49. The third-order valence-corrected chi connectivity index (χ3v) is 8.78. The average molecular weight is 370 g/mol. The number of rotatable bonds is 5. The van der Waals surface area contributed by atoms with Crippen molar-refractivity contribution in [3.05, 3.63) is 16.3 Å². The highest BCUT2D eigenvalue weighted by atomic mass is 32.2. The SMILES string of the molecule is O=C(OC[C@H]1C[C@H]2CC[C@H]1C2)c1sccc1S(=O)(=O)N1CCCC1. The molecule has 1 aromatic rings. The average Bonchev–Trinajstić information content (AvgIpc) is 3.36. The van der Waals surface area contributed by atoms with Gasteiger partial charge in [0.25, 0.3) is 0 Å². The molecule has 4 rings (SSSR count). The van der Waals surface area contributed by atoms with E-state index in [-0.39, 0.29) is 9.77 Å². The summed E-state index contributed by atoms with van der Waals surface area (Å²) in [4.78, 5) is 12.8. The van der Waals surface area contributed by atoms with Gasteiger partial charge >= 0.3 is 5.97 Å². The lowest BCUT2D eigenvalue weighted by Crippen LogP contribution is -2.29. The maximum atomic E-state index is 12.7. The van der Waals surface area contributed by atoms with Crippen LogP contribution in [0.25, 0.3) is 0 Å². The molecule has 1 aliphatic heterocycles. The van der Waals surface area contributed by atoms with Gasteiger partial charge in [0, 0.05) is 13.1 Å².